The second-order valence-electron chi connectivity index (χ2n) is 4.46. The SMILES string of the molecule is CS(=O)(=O)c1cc(O)cc(/C=C/c2ccc(O)cc2)c1. The van der Waals surface area contributed by atoms with E-state index in [2.05, 4.69) is 0 Å². The first kappa shape index (κ1) is 14.1. The average Bonchev–Trinajstić information content (AvgIpc) is 2.36. The summed E-state index contributed by atoms with van der Waals surface area (Å²) < 4.78 is 23.0. The Kier molecular flexibility index (Phi) is 3.81. The van der Waals surface area contributed by atoms with Gasteiger partial charge >= 0.3 is 0 Å². The van der Waals surface area contributed by atoms with Crippen LogP contribution in [0.5, 0.6) is 11.5 Å². The zero-order valence-electron chi connectivity index (χ0n) is 10.8. The van der Waals surface area contributed by atoms with Crippen molar-refractivity contribution in [2.75, 3.05) is 6.26 Å². The summed E-state index contributed by atoms with van der Waals surface area (Å²) in [4.78, 5) is 0.0721. The van der Waals surface area contributed by atoms with Crippen molar-refractivity contribution in [3.63, 3.8) is 0 Å². The summed E-state index contributed by atoms with van der Waals surface area (Å²) in [6.07, 6.45) is 4.55. The highest BCUT2D eigenvalue weighted by Gasteiger charge is 2.08. The minimum absolute atomic E-state index is 0.0721. The molecule has 0 saturated carbocycles. The van der Waals surface area contributed by atoms with E-state index < -0.39 is 9.84 Å². The van der Waals surface area contributed by atoms with Gasteiger partial charge in [0.15, 0.2) is 9.84 Å². The highest BCUT2D eigenvalue weighted by atomic mass is 32.2. The lowest BCUT2D eigenvalue weighted by molar-refractivity contribution is 0.473. The number of benzene rings is 2. The van der Waals surface area contributed by atoms with Gasteiger partial charge in [0.05, 0.1) is 4.90 Å². The molecule has 0 aliphatic carbocycles. The van der Waals surface area contributed by atoms with Crippen LogP contribution in [0.2, 0.25) is 0 Å². The van der Waals surface area contributed by atoms with Crippen LogP contribution in [-0.4, -0.2) is 24.9 Å². The molecule has 2 aromatic rings. The van der Waals surface area contributed by atoms with Crippen LogP contribution in [0.25, 0.3) is 12.2 Å². The van der Waals surface area contributed by atoms with E-state index in [0.717, 1.165) is 11.8 Å². The number of aromatic hydroxyl groups is 2. The van der Waals surface area contributed by atoms with Gasteiger partial charge in [0.25, 0.3) is 0 Å². The molecule has 0 fully saturated rings. The van der Waals surface area contributed by atoms with E-state index in [-0.39, 0.29) is 16.4 Å². The Hall–Kier alpha value is -2.27. The molecule has 0 saturated heterocycles. The van der Waals surface area contributed by atoms with Gasteiger partial charge < -0.3 is 10.2 Å². The Bertz CT molecular complexity index is 744. The molecule has 5 heteroatoms. The molecule has 0 amide bonds. The largest absolute Gasteiger partial charge is 0.508 e. The second kappa shape index (κ2) is 5.38. The van der Waals surface area contributed by atoms with Crippen LogP contribution < -0.4 is 0 Å². The van der Waals surface area contributed by atoms with Crippen molar-refractivity contribution in [2.24, 2.45) is 0 Å². The predicted octanol–water partition coefficient (Wildman–Crippen LogP) is 2.67. The molecule has 4 nitrogen and oxygen atoms in total. The van der Waals surface area contributed by atoms with Gasteiger partial charge in [0.2, 0.25) is 0 Å². The number of hydrogen-bond acceptors (Lipinski definition) is 4. The zero-order chi connectivity index (χ0) is 14.8. The minimum atomic E-state index is -3.36. The van der Waals surface area contributed by atoms with Crippen molar-refractivity contribution >= 4 is 22.0 Å². The van der Waals surface area contributed by atoms with Gasteiger partial charge in [-0.15, -0.1) is 0 Å². The monoisotopic (exact) mass is 290 g/mol. The van der Waals surface area contributed by atoms with Gasteiger partial charge in [0, 0.05) is 6.26 Å². The van der Waals surface area contributed by atoms with Crippen LogP contribution in [0.15, 0.2) is 47.4 Å². The fourth-order valence-corrected chi connectivity index (χ4v) is 2.38. The summed E-state index contributed by atoms with van der Waals surface area (Å²) >= 11 is 0. The predicted molar refractivity (Wildman–Crippen MR) is 78.3 cm³/mol. The molecule has 0 radical (unpaired) electrons. The van der Waals surface area contributed by atoms with E-state index in [4.69, 9.17) is 0 Å². The van der Waals surface area contributed by atoms with E-state index in [1.165, 1.54) is 18.2 Å². The van der Waals surface area contributed by atoms with Gasteiger partial charge in [-0.1, -0.05) is 24.3 Å². The smallest absolute Gasteiger partial charge is 0.175 e. The highest BCUT2D eigenvalue weighted by Crippen LogP contribution is 2.21. The molecule has 2 aromatic carbocycles. The Morgan fingerprint density at radius 2 is 1.45 bits per heavy atom. The summed E-state index contributed by atoms with van der Waals surface area (Å²) in [5, 5.41) is 18.7. The quantitative estimate of drug-likeness (QED) is 0.852. The Balaban J connectivity index is 2.34. The minimum Gasteiger partial charge on any atom is -0.508 e. The number of phenols is 2. The van der Waals surface area contributed by atoms with Crippen molar-refractivity contribution in [3.05, 3.63) is 53.6 Å². The first-order valence-electron chi connectivity index (χ1n) is 5.86. The topological polar surface area (TPSA) is 74.6 Å². The molecule has 0 aromatic heterocycles. The van der Waals surface area contributed by atoms with Crippen LogP contribution >= 0.6 is 0 Å². The Labute approximate surface area is 117 Å². The molecular formula is C15H14O4S. The third-order valence-corrected chi connectivity index (χ3v) is 3.80. The van der Waals surface area contributed by atoms with Gasteiger partial charge in [-0.3, -0.25) is 0 Å². The normalized spacial score (nSPS) is 11.8. The van der Waals surface area contributed by atoms with Crippen molar-refractivity contribution in [2.45, 2.75) is 4.90 Å². The molecule has 2 N–H and O–H groups in total. The van der Waals surface area contributed by atoms with Crippen molar-refractivity contribution in [1.82, 2.24) is 0 Å². The van der Waals surface area contributed by atoms with Crippen LogP contribution in [0.4, 0.5) is 0 Å². The lowest BCUT2D eigenvalue weighted by atomic mass is 10.1. The fraction of sp³-hybridized carbons (Fsp3) is 0.0667. The van der Waals surface area contributed by atoms with E-state index in [1.807, 2.05) is 0 Å². The van der Waals surface area contributed by atoms with Gasteiger partial charge in [-0.2, -0.15) is 0 Å². The summed E-state index contributed by atoms with van der Waals surface area (Å²) in [6, 6.07) is 10.8. The molecule has 0 unspecified atom stereocenters. The standard InChI is InChI=1S/C15H14O4S/c1-20(18,19)15-9-12(8-14(17)10-15)3-2-11-4-6-13(16)7-5-11/h2-10,16-17H,1H3/b3-2+. The zero-order valence-corrected chi connectivity index (χ0v) is 11.6. The fourth-order valence-electron chi connectivity index (χ4n) is 1.69. The summed E-state index contributed by atoms with van der Waals surface area (Å²) in [5.74, 6) is 0.0807. The van der Waals surface area contributed by atoms with Crippen molar-refractivity contribution < 1.29 is 18.6 Å². The maximum absolute atomic E-state index is 11.5. The summed E-state index contributed by atoms with van der Waals surface area (Å²) in [5.41, 5.74) is 1.44. The lowest BCUT2D eigenvalue weighted by Gasteiger charge is -2.02. The maximum Gasteiger partial charge on any atom is 0.175 e. The van der Waals surface area contributed by atoms with Gasteiger partial charge in [0.1, 0.15) is 11.5 Å². The first-order valence-corrected chi connectivity index (χ1v) is 7.75. The molecule has 0 aliphatic heterocycles. The van der Waals surface area contributed by atoms with Crippen molar-refractivity contribution in [3.8, 4) is 11.5 Å². The van der Waals surface area contributed by atoms with Crippen LogP contribution in [0, 0.1) is 0 Å². The van der Waals surface area contributed by atoms with Crippen LogP contribution in [0.3, 0.4) is 0 Å². The molecule has 0 bridgehead atoms. The van der Waals surface area contributed by atoms with Crippen LogP contribution in [0.1, 0.15) is 11.1 Å². The number of rotatable bonds is 3. The molecule has 0 heterocycles. The molecule has 0 aliphatic rings. The molecule has 104 valence electrons. The molecule has 0 atom stereocenters. The van der Waals surface area contributed by atoms with Gasteiger partial charge in [-0.05, 0) is 41.5 Å². The number of phenolic OH excluding ortho intramolecular Hbond substituents is 2. The van der Waals surface area contributed by atoms with Crippen LogP contribution in [-0.2, 0) is 9.84 Å². The lowest BCUT2D eigenvalue weighted by Crippen LogP contribution is -1.96. The number of hydrogen-bond donors (Lipinski definition) is 2. The second-order valence-corrected chi connectivity index (χ2v) is 6.47. The molecule has 0 spiro atoms. The molecule has 2 rings (SSSR count). The summed E-state index contributed by atoms with van der Waals surface area (Å²) in [7, 11) is -3.36. The third kappa shape index (κ3) is 3.61. The number of sulfone groups is 1. The molecular weight excluding hydrogens is 276 g/mol. The summed E-state index contributed by atoms with van der Waals surface area (Å²) in [6.45, 7) is 0. The van der Waals surface area contributed by atoms with E-state index in [1.54, 1.807) is 36.4 Å². The van der Waals surface area contributed by atoms with E-state index in [0.29, 0.717) is 5.56 Å². The maximum atomic E-state index is 11.5. The Morgan fingerprint density at radius 1 is 0.850 bits per heavy atom. The molecule has 20 heavy (non-hydrogen) atoms. The van der Waals surface area contributed by atoms with E-state index in [9.17, 15) is 18.6 Å². The van der Waals surface area contributed by atoms with E-state index >= 15 is 0 Å². The van der Waals surface area contributed by atoms with Crippen molar-refractivity contribution in [1.29, 1.82) is 0 Å². The first-order chi connectivity index (χ1) is 9.34. The van der Waals surface area contributed by atoms with Gasteiger partial charge in [-0.25, -0.2) is 8.42 Å². The Morgan fingerprint density at radius 3 is 2.05 bits per heavy atom. The average molecular weight is 290 g/mol. The highest BCUT2D eigenvalue weighted by molar-refractivity contribution is 7.90. The third-order valence-electron chi connectivity index (χ3n) is 2.70.